The van der Waals surface area contributed by atoms with Gasteiger partial charge in [0.05, 0.1) is 17.0 Å². The number of hydrogen-bond acceptors (Lipinski definition) is 5. The summed E-state index contributed by atoms with van der Waals surface area (Å²) >= 11 is 0. The van der Waals surface area contributed by atoms with Gasteiger partial charge in [-0.2, -0.15) is 5.26 Å². The average molecular weight is 191 g/mol. The largest absolute Gasteiger partial charge is 0.319 e. The molecule has 1 aliphatic rings. The van der Waals surface area contributed by atoms with Crippen molar-refractivity contribution in [2.24, 2.45) is 16.8 Å². The van der Waals surface area contributed by atoms with Crippen molar-refractivity contribution >= 4 is 6.29 Å². The second kappa shape index (κ2) is 3.52. The Balaban J connectivity index is 3.31. The molecule has 0 bridgehead atoms. The predicted octanol–water partition coefficient (Wildman–Crippen LogP) is 0.633. The summed E-state index contributed by atoms with van der Waals surface area (Å²) in [5.41, 5.74) is 4.62. The molecular formula is C9H9N3O2. The van der Waals surface area contributed by atoms with Crippen molar-refractivity contribution in [1.29, 1.82) is 5.26 Å². The van der Waals surface area contributed by atoms with Crippen LogP contribution in [0.1, 0.15) is 6.92 Å². The molecule has 0 aromatic carbocycles. The van der Waals surface area contributed by atoms with Crippen molar-refractivity contribution in [3.8, 4) is 6.07 Å². The molecule has 0 fully saturated rings. The van der Waals surface area contributed by atoms with Crippen LogP contribution in [0.3, 0.4) is 0 Å². The Labute approximate surface area is 80.9 Å². The standard InChI is InChI=1S/C9H9N3O2/c1-9(11)7(5-13)3-2-6(4-10)8(9)12-14/h2-3,5,7H,11H2,1H3. The zero-order valence-corrected chi connectivity index (χ0v) is 7.60. The summed E-state index contributed by atoms with van der Waals surface area (Å²) in [6.45, 7) is 1.50. The number of aldehydes is 1. The van der Waals surface area contributed by atoms with Crippen LogP contribution in [0.2, 0.25) is 0 Å². The molecule has 0 aromatic rings. The van der Waals surface area contributed by atoms with Crippen molar-refractivity contribution in [2.45, 2.75) is 12.5 Å². The van der Waals surface area contributed by atoms with E-state index in [2.05, 4.69) is 5.18 Å². The minimum Gasteiger partial charge on any atom is -0.319 e. The molecule has 14 heavy (non-hydrogen) atoms. The van der Waals surface area contributed by atoms with Crippen molar-refractivity contribution < 1.29 is 4.79 Å². The first-order valence-electron chi connectivity index (χ1n) is 3.98. The normalized spacial score (nSPS) is 31.1. The molecular weight excluding hydrogens is 182 g/mol. The topological polar surface area (TPSA) is 96.3 Å². The fraction of sp³-hybridized carbons (Fsp3) is 0.333. The minimum absolute atomic E-state index is 0.0698. The van der Waals surface area contributed by atoms with E-state index >= 15 is 0 Å². The van der Waals surface area contributed by atoms with Crippen molar-refractivity contribution in [3.05, 3.63) is 28.3 Å². The lowest BCUT2D eigenvalue weighted by molar-refractivity contribution is -0.111. The Morgan fingerprint density at radius 2 is 2.43 bits per heavy atom. The second-order valence-electron chi connectivity index (χ2n) is 3.27. The molecule has 0 spiro atoms. The zero-order valence-electron chi connectivity index (χ0n) is 7.60. The Morgan fingerprint density at radius 3 is 2.86 bits per heavy atom. The number of nitroso groups, excluding NO2 is 1. The summed E-state index contributed by atoms with van der Waals surface area (Å²) in [6, 6.07) is 1.81. The lowest BCUT2D eigenvalue weighted by atomic mass is 9.79. The summed E-state index contributed by atoms with van der Waals surface area (Å²) in [7, 11) is 0. The molecule has 0 aromatic heterocycles. The maximum absolute atomic E-state index is 10.7. The number of carbonyl (C=O) groups excluding carboxylic acids is 1. The van der Waals surface area contributed by atoms with Gasteiger partial charge in [-0.25, -0.2) is 0 Å². The average Bonchev–Trinajstić information content (AvgIpc) is 2.15. The van der Waals surface area contributed by atoms with Crippen LogP contribution in [0.15, 0.2) is 28.6 Å². The number of rotatable bonds is 2. The smallest absolute Gasteiger partial charge is 0.129 e. The van der Waals surface area contributed by atoms with Crippen molar-refractivity contribution in [2.75, 3.05) is 0 Å². The van der Waals surface area contributed by atoms with Crippen LogP contribution < -0.4 is 5.73 Å². The van der Waals surface area contributed by atoms with Gasteiger partial charge in [0.25, 0.3) is 0 Å². The number of nitrogens with zero attached hydrogens (tertiary/aromatic N) is 2. The SMILES string of the molecule is CC1(N)C(N=O)=C(C#N)C=CC1C=O. The predicted molar refractivity (Wildman–Crippen MR) is 49.7 cm³/mol. The van der Waals surface area contributed by atoms with E-state index in [9.17, 15) is 9.70 Å². The monoisotopic (exact) mass is 191 g/mol. The highest BCUT2D eigenvalue weighted by Gasteiger charge is 2.37. The number of carbonyl (C=O) groups is 1. The maximum Gasteiger partial charge on any atom is 0.129 e. The van der Waals surface area contributed by atoms with Gasteiger partial charge < -0.3 is 10.5 Å². The van der Waals surface area contributed by atoms with Crippen molar-refractivity contribution in [1.82, 2.24) is 0 Å². The van der Waals surface area contributed by atoms with Gasteiger partial charge in [-0.05, 0) is 18.2 Å². The van der Waals surface area contributed by atoms with E-state index in [1.54, 1.807) is 0 Å². The molecule has 2 atom stereocenters. The lowest BCUT2D eigenvalue weighted by Gasteiger charge is -2.30. The second-order valence-corrected chi connectivity index (χ2v) is 3.27. The van der Waals surface area contributed by atoms with E-state index in [1.165, 1.54) is 19.1 Å². The molecule has 1 aliphatic carbocycles. The molecule has 0 amide bonds. The highest BCUT2D eigenvalue weighted by atomic mass is 16.3. The summed E-state index contributed by atoms with van der Waals surface area (Å²) < 4.78 is 0. The quantitative estimate of drug-likeness (QED) is 0.511. The molecule has 2 N–H and O–H groups in total. The van der Waals surface area contributed by atoms with E-state index in [-0.39, 0.29) is 11.3 Å². The molecule has 0 heterocycles. The van der Waals surface area contributed by atoms with E-state index in [0.717, 1.165) is 0 Å². The van der Waals surface area contributed by atoms with Crippen LogP contribution in [-0.2, 0) is 4.79 Å². The molecule has 0 aliphatic heterocycles. The fourth-order valence-electron chi connectivity index (χ4n) is 1.35. The molecule has 0 radical (unpaired) electrons. The molecule has 1 rings (SSSR count). The van der Waals surface area contributed by atoms with Gasteiger partial charge in [0, 0.05) is 0 Å². The van der Waals surface area contributed by atoms with Crippen molar-refractivity contribution in [3.63, 3.8) is 0 Å². The highest BCUT2D eigenvalue weighted by Crippen LogP contribution is 2.31. The Hall–Kier alpha value is -1.80. The van der Waals surface area contributed by atoms with E-state index in [1.807, 2.05) is 6.07 Å². The van der Waals surface area contributed by atoms with Crippen LogP contribution in [0.5, 0.6) is 0 Å². The molecule has 5 nitrogen and oxygen atoms in total. The number of nitrogens with two attached hydrogens (primary N) is 1. The fourth-order valence-corrected chi connectivity index (χ4v) is 1.35. The van der Waals surface area contributed by atoms with E-state index in [0.29, 0.717) is 6.29 Å². The Kier molecular flexibility index (Phi) is 2.58. The molecule has 72 valence electrons. The number of allylic oxidation sites excluding steroid dienone is 2. The molecule has 0 saturated heterocycles. The first-order chi connectivity index (χ1) is 6.57. The van der Waals surface area contributed by atoms with Crippen LogP contribution >= 0.6 is 0 Å². The van der Waals surface area contributed by atoms with Crippen LogP contribution in [0, 0.1) is 22.2 Å². The minimum atomic E-state index is -1.19. The number of hydrogen-bond donors (Lipinski definition) is 1. The lowest BCUT2D eigenvalue weighted by Crippen LogP contribution is -2.47. The summed E-state index contributed by atoms with van der Waals surface area (Å²) in [5.74, 6) is -0.618. The summed E-state index contributed by atoms with van der Waals surface area (Å²) in [4.78, 5) is 21.2. The van der Waals surface area contributed by atoms with Gasteiger partial charge in [-0.15, -0.1) is 4.91 Å². The Morgan fingerprint density at radius 1 is 1.79 bits per heavy atom. The van der Waals surface area contributed by atoms with Gasteiger partial charge in [0.1, 0.15) is 18.1 Å². The van der Waals surface area contributed by atoms with Gasteiger partial charge in [-0.1, -0.05) is 6.08 Å². The zero-order chi connectivity index (χ0) is 10.8. The van der Waals surface area contributed by atoms with Gasteiger partial charge >= 0.3 is 0 Å². The van der Waals surface area contributed by atoms with Gasteiger partial charge in [0.2, 0.25) is 0 Å². The van der Waals surface area contributed by atoms with Crippen LogP contribution in [0.25, 0.3) is 0 Å². The maximum atomic E-state index is 10.7. The van der Waals surface area contributed by atoms with E-state index in [4.69, 9.17) is 11.0 Å². The van der Waals surface area contributed by atoms with Crippen LogP contribution in [-0.4, -0.2) is 11.8 Å². The third-order valence-electron chi connectivity index (χ3n) is 2.29. The first kappa shape index (κ1) is 10.3. The van der Waals surface area contributed by atoms with Gasteiger partial charge in [0.15, 0.2) is 0 Å². The summed E-state index contributed by atoms with van der Waals surface area (Å²) in [5, 5.41) is 11.4. The summed E-state index contributed by atoms with van der Waals surface area (Å²) in [6.07, 6.45) is 3.53. The third kappa shape index (κ3) is 1.36. The van der Waals surface area contributed by atoms with E-state index < -0.39 is 11.5 Å². The van der Waals surface area contributed by atoms with Gasteiger partial charge in [-0.3, -0.25) is 0 Å². The Bertz CT molecular complexity index is 374. The molecule has 0 saturated carbocycles. The van der Waals surface area contributed by atoms with Crippen LogP contribution in [0.4, 0.5) is 0 Å². The highest BCUT2D eigenvalue weighted by molar-refractivity contribution is 5.64. The third-order valence-corrected chi connectivity index (χ3v) is 2.29. The molecule has 5 heteroatoms. The first-order valence-corrected chi connectivity index (χ1v) is 3.98. The molecule has 2 unspecified atom stereocenters. The number of nitriles is 1.